The summed E-state index contributed by atoms with van der Waals surface area (Å²) in [7, 11) is 0. The van der Waals surface area contributed by atoms with E-state index in [0.717, 1.165) is 12.1 Å². The third-order valence-electron chi connectivity index (χ3n) is 3.23. The number of rotatable bonds is 2. The zero-order chi connectivity index (χ0) is 11.7. The van der Waals surface area contributed by atoms with E-state index in [1.807, 2.05) is 11.8 Å². The lowest BCUT2D eigenvalue weighted by Gasteiger charge is -2.26. The van der Waals surface area contributed by atoms with Gasteiger partial charge in [0.15, 0.2) is 0 Å². The number of likely N-dealkylation sites (tertiary alicyclic amines) is 1. The molecule has 0 aliphatic carbocycles. The topological polar surface area (TPSA) is 46.3 Å². The fourth-order valence-corrected chi connectivity index (χ4v) is 2.38. The van der Waals surface area contributed by atoms with Crippen molar-refractivity contribution < 1.29 is 4.79 Å². The van der Waals surface area contributed by atoms with Crippen LogP contribution in [0.2, 0.25) is 0 Å². The van der Waals surface area contributed by atoms with Crippen LogP contribution in [0.4, 0.5) is 0 Å². The molecule has 1 heterocycles. The van der Waals surface area contributed by atoms with Crippen LogP contribution in [0.3, 0.4) is 0 Å². The maximum atomic E-state index is 11.7. The zero-order valence-electron chi connectivity index (χ0n) is 9.81. The van der Waals surface area contributed by atoms with Crippen LogP contribution in [0.25, 0.3) is 0 Å². The second-order valence-corrected chi connectivity index (χ2v) is 4.40. The van der Waals surface area contributed by atoms with Crippen molar-refractivity contribution in [2.45, 2.75) is 32.4 Å². The molecular formula is C13H18N2O. The lowest BCUT2D eigenvalue weighted by molar-refractivity contribution is -0.128. The molecule has 0 saturated carbocycles. The summed E-state index contributed by atoms with van der Waals surface area (Å²) in [4.78, 5) is 13.6. The van der Waals surface area contributed by atoms with E-state index >= 15 is 0 Å². The van der Waals surface area contributed by atoms with Crippen molar-refractivity contribution in [3.8, 4) is 0 Å². The van der Waals surface area contributed by atoms with Gasteiger partial charge in [-0.15, -0.1) is 0 Å². The molecular weight excluding hydrogens is 200 g/mol. The van der Waals surface area contributed by atoms with E-state index in [0.29, 0.717) is 6.42 Å². The van der Waals surface area contributed by atoms with E-state index in [4.69, 9.17) is 5.73 Å². The average Bonchev–Trinajstić information content (AvgIpc) is 2.54. The molecule has 1 fully saturated rings. The highest BCUT2D eigenvalue weighted by atomic mass is 16.2. The van der Waals surface area contributed by atoms with Gasteiger partial charge in [0, 0.05) is 19.0 Å². The van der Waals surface area contributed by atoms with E-state index in [-0.39, 0.29) is 18.0 Å². The van der Waals surface area contributed by atoms with Crippen LogP contribution in [0, 0.1) is 6.92 Å². The standard InChI is InChI=1S/C13H18N2O/c1-3-15-12(16)8-11(14)13(15)10-6-4-9(2)5-7-10/h4-7,11,13H,3,8,14H2,1-2H3. The van der Waals surface area contributed by atoms with E-state index in [1.165, 1.54) is 5.56 Å². The molecule has 1 aromatic carbocycles. The molecule has 1 aliphatic heterocycles. The maximum Gasteiger partial charge on any atom is 0.224 e. The Balaban J connectivity index is 2.31. The van der Waals surface area contributed by atoms with Crippen molar-refractivity contribution in [2.24, 2.45) is 5.73 Å². The molecule has 2 unspecified atom stereocenters. The highest BCUT2D eigenvalue weighted by Gasteiger charge is 2.37. The predicted octanol–water partition coefficient (Wildman–Crippen LogP) is 1.62. The predicted molar refractivity (Wildman–Crippen MR) is 63.9 cm³/mol. The molecule has 1 aromatic rings. The molecule has 1 aliphatic rings. The monoisotopic (exact) mass is 218 g/mol. The van der Waals surface area contributed by atoms with Gasteiger partial charge in [-0.1, -0.05) is 29.8 Å². The highest BCUT2D eigenvalue weighted by Crippen LogP contribution is 2.31. The summed E-state index contributed by atoms with van der Waals surface area (Å²) >= 11 is 0. The summed E-state index contributed by atoms with van der Waals surface area (Å²) < 4.78 is 0. The van der Waals surface area contributed by atoms with Gasteiger partial charge in [0.05, 0.1) is 6.04 Å². The molecule has 1 amide bonds. The largest absolute Gasteiger partial charge is 0.334 e. The van der Waals surface area contributed by atoms with Crippen molar-refractivity contribution >= 4 is 5.91 Å². The summed E-state index contributed by atoms with van der Waals surface area (Å²) in [6, 6.07) is 8.26. The molecule has 2 N–H and O–H groups in total. The molecule has 0 bridgehead atoms. The number of hydrogen-bond donors (Lipinski definition) is 1. The first-order valence-corrected chi connectivity index (χ1v) is 5.75. The fourth-order valence-electron chi connectivity index (χ4n) is 2.38. The van der Waals surface area contributed by atoms with Gasteiger partial charge in [-0.3, -0.25) is 4.79 Å². The van der Waals surface area contributed by atoms with Gasteiger partial charge in [-0.05, 0) is 19.4 Å². The first-order valence-electron chi connectivity index (χ1n) is 5.75. The Bertz CT molecular complexity index is 385. The second-order valence-electron chi connectivity index (χ2n) is 4.40. The Morgan fingerprint density at radius 3 is 2.56 bits per heavy atom. The molecule has 0 spiro atoms. The number of hydrogen-bond acceptors (Lipinski definition) is 2. The van der Waals surface area contributed by atoms with Crippen molar-refractivity contribution in [3.05, 3.63) is 35.4 Å². The van der Waals surface area contributed by atoms with Crippen LogP contribution in [0.15, 0.2) is 24.3 Å². The summed E-state index contributed by atoms with van der Waals surface area (Å²) in [5.74, 6) is 0.167. The maximum absolute atomic E-state index is 11.7. The van der Waals surface area contributed by atoms with Crippen molar-refractivity contribution in [3.63, 3.8) is 0 Å². The second kappa shape index (κ2) is 4.26. The van der Waals surface area contributed by atoms with Crippen LogP contribution in [-0.4, -0.2) is 23.4 Å². The number of benzene rings is 1. The van der Waals surface area contributed by atoms with Crippen LogP contribution in [0.1, 0.15) is 30.5 Å². The van der Waals surface area contributed by atoms with Crippen LogP contribution < -0.4 is 5.73 Å². The SMILES string of the molecule is CCN1C(=O)CC(N)C1c1ccc(C)cc1. The number of amides is 1. The first-order chi connectivity index (χ1) is 7.63. The van der Waals surface area contributed by atoms with Gasteiger partial charge in [0.1, 0.15) is 0 Å². The van der Waals surface area contributed by atoms with Crippen molar-refractivity contribution in [1.29, 1.82) is 0 Å². The Kier molecular flexibility index (Phi) is 2.97. The number of aryl methyl sites for hydroxylation is 1. The average molecular weight is 218 g/mol. The van der Waals surface area contributed by atoms with Gasteiger partial charge in [-0.2, -0.15) is 0 Å². The van der Waals surface area contributed by atoms with E-state index in [9.17, 15) is 4.79 Å². The summed E-state index contributed by atoms with van der Waals surface area (Å²) in [5, 5.41) is 0. The van der Waals surface area contributed by atoms with Gasteiger partial charge in [-0.25, -0.2) is 0 Å². The molecule has 86 valence electrons. The van der Waals surface area contributed by atoms with E-state index in [1.54, 1.807) is 0 Å². The Morgan fingerprint density at radius 1 is 1.38 bits per heavy atom. The number of nitrogens with two attached hydrogens (primary N) is 1. The van der Waals surface area contributed by atoms with Crippen molar-refractivity contribution in [2.75, 3.05) is 6.54 Å². The van der Waals surface area contributed by atoms with Gasteiger partial charge < -0.3 is 10.6 Å². The third kappa shape index (κ3) is 1.83. The molecule has 2 atom stereocenters. The smallest absolute Gasteiger partial charge is 0.224 e. The van der Waals surface area contributed by atoms with Crippen LogP contribution in [-0.2, 0) is 4.79 Å². The summed E-state index contributed by atoms with van der Waals surface area (Å²) in [6.45, 7) is 4.78. The number of likely N-dealkylation sites (N-methyl/N-ethyl adjacent to an activating group) is 1. The molecule has 0 aromatic heterocycles. The fraction of sp³-hybridized carbons (Fsp3) is 0.462. The third-order valence-corrected chi connectivity index (χ3v) is 3.23. The lowest BCUT2D eigenvalue weighted by Crippen LogP contribution is -2.32. The molecule has 3 nitrogen and oxygen atoms in total. The van der Waals surface area contributed by atoms with E-state index in [2.05, 4.69) is 31.2 Å². The lowest BCUT2D eigenvalue weighted by atomic mass is 10.00. The molecule has 0 radical (unpaired) electrons. The summed E-state index contributed by atoms with van der Waals surface area (Å²) in [6.07, 6.45) is 0.465. The van der Waals surface area contributed by atoms with Gasteiger partial charge in [0.25, 0.3) is 0 Å². The number of carbonyl (C=O) groups is 1. The molecule has 2 rings (SSSR count). The van der Waals surface area contributed by atoms with Crippen molar-refractivity contribution in [1.82, 2.24) is 4.90 Å². The highest BCUT2D eigenvalue weighted by molar-refractivity contribution is 5.80. The quantitative estimate of drug-likeness (QED) is 0.819. The molecule has 3 heteroatoms. The minimum Gasteiger partial charge on any atom is -0.334 e. The Morgan fingerprint density at radius 2 is 2.00 bits per heavy atom. The van der Waals surface area contributed by atoms with Crippen LogP contribution in [0.5, 0.6) is 0 Å². The first kappa shape index (κ1) is 11.1. The minimum absolute atomic E-state index is 0.0538. The normalized spacial score (nSPS) is 25.2. The van der Waals surface area contributed by atoms with Gasteiger partial charge >= 0.3 is 0 Å². The number of carbonyl (C=O) groups excluding carboxylic acids is 1. The van der Waals surface area contributed by atoms with E-state index < -0.39 is 0 Å². The zero-order valence-corrected chi connectivity index (χ0v) is 9.81. The Hall–Kier alpha value is -1.35. The van der Waals surface area contributed by atoms with Crippen LogP contribution >= 0.6 is 0 Å². The molecule has 16 heavy (non-hydrogen) atoms. The Labute approximate surface area is 96.2 Å². The van der Waals surface area contributed by atoms with Gasteiger partial charge in [0.2, 0.25) is 5.91 Å². The minimum atomic E-state index is -0.0739. The number of nitrogens with zero attached hydrogens (tertiary/aromatic N) is 1. The summed E-state index contributed by atoms with van der Waals surface area (Å²) in [5.41, 5.74) is 8.41. The molecule has 1 saturated heterocycles.